The maximum absolute atomic E-state index is 10.8. The number of rotatable bonds is 4. The van der Waals surface area contributed by atoms with Crippen LogP contribution in [0.4, 0.5) is 0 Å². The molecule has 0 amide bonds. The predicted octanol–water partition coefficient (Wildman–Crippen LogP) is 1.08. The Morgan fingerprint density at radius 3 is 2.50 bits per heavy atom. The second-order valence-electron chi connectivity index (χ2n) is 3.16. The first-order valence-electron chi connectivity index (χ1n) is 3.73. The van der Waals surface area contributed by atoms with Gasteiger partial charge in [-0.05, 0) is 20.8 Å². The Morgan fingerprint density at radius 1 is 1.67 bits per heavy atom. The molecule has 0 rings (SSSR count). The van der Waals surface area contributed by atoms with Crippen molar-refractivity contribution in [1.82, 2.24) is 0 Å². The van der Waals surface area contributed by atoms with Gasteiger partial charge in [-0.1, -0.05) is 6.58 Å². The van der Waals surface area contributed by atoms with E-state index >= 15 is 0 Å². The molecule has 3 nitrogen and oxygen atoms in total. The lowest BCUT2D eigenvalue weighted by atomic mass is 10.1. The molecule has 0 aromatic rings. The van der Waals surface area contributed by atoms with E-state index in [1.54, 1.807) is 13.8 Å². The molecule has 1 radical (unpaired) electrons. The molecule has 69 valence electrons. The smallest absolute Gasteiger partial charge is 0.333 e. The maximum atomic E-state index is 10.8. The van der Waals surface area contributed by atoms with Crippen molar-refractivity contribution in [2.45, 2.75) is 25.9 Å². The molecule has 3 heteroatoms. The van der Waals surface area contributed by atoms with Crippen LogP contribution >= 0.6 is 0 Å². The average molecular weight is 171 g/mol. The van der Waals surface area contributed by atoms with Crippen LogP contribution in [0.25, 0.3) is 0 Å². The Hall–Kier alpha value is -0.830. The van der Waals surface area contributed by atoms with Gasteiger partial charge in [0.2, 0.25) is 0 Å². The fourth-order valence-electron chi connectivity index (χ4n) is 0.487. The quantitative estimate of drug-likeness (QED) is 0.508. The molecule has 12 heavy (non-hydrogen) atoms. The zero-order valence-electron chi connectivity index (χ0n) is 7.59. The number of carbonyl (C=O) groups excluding carboxylic acids is 1. The van der Waals surface area contributed by atoms with E-state index in [1.807, 2.05) is 0 Å². The van der Waals surface area contributed by atoms with Gasteiger partial charge >= 0.3 is 5.97 Å². The summed E-state index contributed by atoms with van der Waals surface area (Å²) >= 11 is 0. The SMILES string of the molecule is [CH2]C(C)(O)CCOC(=O)C(=C)C. The van der Waals surface area contributed by atoms with Crippen LogP contribution in [0.3, 0.4) is 0 Å². The summed E-state index contributed by atoms with van der Waals surface area (Å²) in [5.41, 5.74) is -0.672. The van der Waals surface area contributed by atoms with Crippen molar-refractivity contribution < 1.29 is 14.6 Å². The summed E-state index contributed by atoms with van der Waals surface area (Å²) < 4.78 is 4.74. The fourth-order valence-corrected chi connectivity index (χ4v) is 0.487. The number of aliphatic hydroxyl groups is 1. The van der Waals surface area contributed by atoms with Gasteiger partial charge in [-0.25, -0.2) is 4.79 Å². The molecular formula is C9H15O3. The normalized spacial score (nSPS) is 11.0. The van der Waals surface area contributed by atoms with E-state index < -0.39 is 11.6 Å². The van der Waals surface area contributed by atoms with Gasteiger partial charge in [0, 0.05) is 12.0 Å². The molecule has 1 atom stereocenters. The highest BCUT2D eigenvalue weighted by molar-refractivity contribution is 5.86. The van der Waals surface area contributed by atoms with Crippen LogP contribution < -0.4 is 0 Å². The predicted molar refractivity (Wildman–Crippen MR) is 46.4 cm³/mol. The topological polar surface area (TPSA) is 46.5 Å². The van der Waals surface area contributed by atoms with E-state index in [9.17, 15) is 4.79 Å². The van der Waals surface area contributed by atoms with Crippen LogP contribution in [-0.2, 0) is 9.53 Å². The summed E-state index contributed by atoms with van der Waals surface area (Å²) in [6.45, 7) is 10.2. The van der Waals surface area contributed by atoms with E-state index in [4.69, 9.17) is 9.84 Å². The van der Waals surface area contributed by atoms with Crippen molar-refractivity contribution in [3.05, 3.63) is 19.1 Å². The summed E-state index contributed by atoms with van der Waals surface area (Å²) in [5, 5.41) is 9.14. The summed E-state index contributed by atoms with van der Waals surface area (Å²) in [4.78, 5) is 10.8. The summed E-state index contributed by atoms with van der Waals surface area (Å²) in [6, 6.07) is 0. The van der Waals surface area contributed by atoms with Gasteiger partial charge in [0.05, 0.1) is 12.2 Å². The van der Waals surface area contributed by atoms with Crippen molar-refractivity contribution in [2.24, 2.45) is 0 Å². The van der Waals surface area contributed by atoms with Gasteiger partial charge < -0.3 is 9.84 Å². The van der Waals surface area contributed by atoms with E-state index in [0.717, 1.165) is 0 Å². The minimum absolute atomic E-state index is 0.169. The van der Waals surface area contributed by atoms with Crippen LogP contribution in [0.1, 0.15) is 20.3 Å². The van der Waals surface area contributed by atoms with Gasteiger partial charge in [0.15, 0.2) is 0 Å². The minimum atomic E-state index is -1.03. The van der Waals surface area contributed by atoms with Crippen molar-refractivity contribution in [3.63, 3.8) is 0 Å². The monoisotopic (exact) mass is 171 g/mol. The molecule has 0 bridgehead atoms. The average Bonchev–Trinajstić information content (AvgIpc) is 1.84. The molecule has 0 saturated carbocycles. The van der Waals surface area contributed by atoms with Crippen molar-refractivity contribution in [2.75, 3.05) is 6.61 Å². The number of hydrogen-bond acceptors (Lipinski definition) is 3. The first-order valence-corrected chi connectivity index (χ1v) is 3.73. The molecule has 0 aliphatic carbocycles. The third kappa shape index (κ3) is 5.92. The van der Waals surface area contributed by atoms with E-state index in [-0.39, 0.29) is 6.61 Å². The molecule has 1 N–H and O–H groups in total. The molecule has 0 aliphatic rings. The van der Waals surface area contributed by atoms with Crippen molar-refractivity contribution >= 4 is 5.97 Å². The molecule has 0 saturated heterocycles. The Kier molecular flexibility index (Phi) is 3.96. The van der Waals surface area contributed by atoms with E-state index in [0.29, 0.717) is 12.0 Å². The van der Waals surface area contributed by atoms with Crippen molar-refractivity contribution in [1.29, 1.82) is 0 Å². The lowest BCUT2D eigenvalue weighted by Gasteiger charge is -2.16. The molecule has 0 spiro atoms. The second kappa shape index (κ2) is 4.26. The van der Waals surface area contributed by atoms with Gasteiger partial charge in [-0.3, -0.25) is 0 Å². The van der Waals surface area contributed by atoms with E-state index in [1.165, 1.54) is 0 Å². The van der Waals surface area contributed by atoms with Crippen LogP contribution in [0.15, 0.2) is 12.2 Å². The second-order valence-corrected chi connectivity index (χ2v) is 3.16. The van der Waals surface area contributed by atoms with E-state index in [2.05, 4.69) is 13.5 Å². The number of ether oxygens (including phenoxy) is 1. The largest absolute Gasteiger partial charge is 0.462 e. The Morgan fingerprint density at radius 2 is 2.17 bits per heavy atom. The molecule has 0 aromatic carbocycles. The lowest BCUT2D eigenvalue weighted by molar-refractivity contribution is -0.139. The van der Waals surface area contributed by atoms with Gasteiger partial charge in [0.1, 0.15) is 0 Å². The maximum Gasteiger partial charge on any atom is 0.333 e. The van der Waals surface area contributed by atoms with Crippen LogP contribution in [-0.4, -0.2) is 23.3 Å². The molecule has 1 unspecified atom stereocenters. The first-order chi connectivity index (χ1) is 5.33. The van der Waals surface area contributed by atoms with Gasteiger partial charge in [0.25, 0.3) is 0 Å². The van der Waals surface area contributed by atoms with Gasteiger partial charge in [-0.15, -0.1) is 0 Å². The Labute approximate surface area is 73.0 Å². The number of esters is 1. The van der Waals surface area contributed by atoms with Crippen LogP contribution in [0.2, 0.25) is 0 Å². The van der Waals surface area contributed by atoms with Gasteiger partial charge in [-0.2, -0.15) is 0 Å². The summed E-state index contributed by atoms with van der Waals surface area (Å²) in [6.07, 6.45) is 0.325. The minimum Gasteiger partial charge on any atom is -0.462 e. The molecule has 0 aromatic heterocycles. The lowest BCUT2D eigenvalue weighted by Crippen LogP contribution is -2.22. The summed E-state index contributed by atoms with van der Waals surface area (Å²) in [7, 11) is 0. The molecule has 0 fully saturated rings. The molecule has 0 aliphatic heterocycles. The first kappa shape index (κ1) is 11.2. The number of carbonyl (C=O) groups is 1. The zero-order chi connectivity index (χ0) is 9.78. The highest BCUT2D eigenvalue weighted by Gasteiger charge is 2.13. The van der Waals surface area contributed by atoms with Crippen LogP contribution in [0.5, 0.6) is 0 Å². The summed E-state index contributed by atoms with van der Waals surface area (Å²) in [5.74, 6) is -0.431. The third-order valence-corrected chi connectivity index (χ3v) is 1.22. The Balaban J connectivity index is 3.58. The number of hydrogen-bond donors (Lipinski definition) is 1. The highest BCUT2D eigenvalue weighted by atomic mass is 16.5. The highest BCUT2D eigenvalue weighted by Crippen LogP contribution is 2.06. The zero-order valence-corrected chi connectivity index (χ0v) is 7.59. The standard InChI is InChI=1S/C9H15O3/c1-7(2)8(10)12-6-5-9(3,4)11/h11H,1,3,5-6H2,2,4H3. The van der Waals surface area contributed by atoms with Crippen LogP contribution in [0, 0.1) is 6.92 Å². The molecular weight excluding hydrogens is 156 g/mol. The van der Waals surface area contributed by atoms with Crippen molar-refractivity contribution in [3.8, 4) is 0 Å². The molecule has 0 heterocycles. The fraction of sp³-hybridized carbons (Fsp3) is 0.556. The Bertz CT molecular complexity index is 177. The third-order valence-electron chi connectivity index (χ3n) is 1.22.